The van der Waals surface area contributed by atoms with Gasteiger partial charge in [0, 0.05) is 42.3 Å². The van der Waals surface area contributed by atoms with E-state index >= 15 is 0 Å². The van der Waals surface area contributed by atoms with Gasteiger partial charge in [0.2, 0.25) is 0 Å². The number of carbonyl (C=O) groups excluding carboxylic acids is 1. The Morgan fingerprint density at radius 3 is 2.28 bits per heavy atom. The third kappa shape index (κ3) is 6.08. The molecule has 0 radical (unpaired) electrons. The van der Waals surface area contributed by atoms with Crippen LogP contribution >= 0.6 is 0 Å². The Bertz CT molecular complexity index is 1940. The zero-order valence-electron chi connectivity index (χ0n) is 29.3. The molecule has 1 aliphatic carbocycles. The van der Waals surface area contributed by atoms with E-state index in [1.54, 1.807) is 14.2 Å². The number of fused-ring (bicyclic) bond motifs is 2. The van der Waals surface area contributed by atoms with Gasteiger partial charge in [-0.15, -0.1) is 0 Å². The molecular weight excluding hydrogens is 630 g/mol. The van der Waals surface area contributed by atoms with E-state index in [1.807, 2.05) is 30.3 Å². The van der Waals surface area contributed by atoms with Gasteiger partial charge in [-0.1, -0.05) is 18.2 Å². The Morgan fingerprint density at radius 2 is 1.56 bits per heavy atom. The molecule has 4 aromatic rings. The Kier molecular flexibility index (Phi) is 8.67. The average Bonchev–Trinajstić information content (AvgIpc) is 3.94. The molecule has 1 fully saturated rings. The van der Waals surface area contributed by atoms with Gasteiger partial charge in [-0.3, -0.25) is 14.6 Å². The maximum atomic E-state index is 13.4. The highest BCUT2D eigenvalue weighted by atomic mass is 16.5. The Balaban J connectivity index is 1.31. The highest BCUT2D eigenvalue weighted by Gasteiger charge is 2.34. The van der Waals surface area contributed by atoms with Gasteiger partial charge in [-0.2, -0.15) is 0 Å². The topological polar surface area (TPSA) is 92.7 Å². The molecule has 9 nitrogen and oxygen atoms in total. The first kappa shape index (κ1) is 32.6. The number of nitrogens with one attached hydrogen (secondary N) is 1. The molecule has 9 rings (SSSR count). The number of nitrogens with zero attached hydrogens (tertiary/aromatic N) is 2. The van der Waals surface area contributed by atoms with Crippen LogP contribution in [0.3, 0.4) is 0 Å². The quantitative estimate of drug-likeness (QED) is 0.247. The second-order valence-electron chi connectivity index (χ2n) is 14.2. The summed E-state index contributed by atoms with van der Waals surface area (Å²) < 4.78 is 25.5. The number of benzene rings is 4. The average molecular weight is 676 g/mol. The number of aliphatic hydroxyl groups excluding tert-OH is 1. The SMILES string of the molecule is COc1cc2c3cc1Oc1c(OC)c(CO)cc4c1[C@H](Cc1ccc(cc1)Oc1cc(ccc1C(=O)NC1CC1)C[C@H]3N(C)CC2)N(C)CC4. The van der Waals surface area contributed by atoms with Crippen LogP contribution in [0, 0.1) is 0 Å². The van der Waals surface area contributed by atoms with Gasteiger partial charge in [0.05, 0.1) is 26.4 Å². The number of likely N-dealkylation sites (N-methyl/N-ethyl adjacent to an activating group) is 2. The largest absolute Gasteiger partial charge is 0.493 e. The van der Waals surface area contributed by atoms with Crippen molar-refractivity contribution in [2.45, 2.75) is 63.3 Å². The minimum Gasteiger partial charge on any atom is -0.493 e. The highest BCUT2D eigenvalue weighted by Crippen LogP contribution is 2.50. The lowest BCUT2D eigenvalue weighted by atomic mass is 9.86. The molecule has 0 saturated heterocycles. The van der Waals surface area contributed by atoms with E-state index < -0.39 is 0 Å². The van der Waals surface area contributed by atoms with E-state index in [0.29, 0.717) is 52.0 Å². The molecule has 2 N–H and O–H groups in total. The molecular formula is C41H45N3O6. The number of hydrogen-bond donors (Lipinski definition) is 2. The van der Waals surface area contributed by atoms with Crippen LogP contribution < -0.4 is 24.3 Å². The minimum absolute atomic E-state index is 0.0158. The fourth-order valence-electron chi connectivity index (χ4n) is 7.89. The summed E-state index contributed by atoms with van der Waals surface area (Å²) in [7, 11) is 7.62. The molecule has 2 atom stereocenters. The van der Waals surface area contributed by atoms with Crippen LogP contribution in [0.4, 0.5) is 0 Å². The molecule has 0 unspecified atom stereocenters. The molecule has 0 spiro atoms. The van der Waals surface area contributed by atoms with E-state index in [-0.39, 0.29) is 30.6 Å². The minimum atomic E-state index is -0.161. The molecule has 9 heteroatoms. The maximum absolute atomic E-state index is 13.4. The summed E-state index contributed by atoms with van der Waals surface area (Å²) in [6, 6.07) is 20.7. The van der Waals surface area contributed by atoms with Gasteiger partial charge < -0.3 is 29.4 Å². The Morgan fingerprint density at radius 1 is 0.840 bits per heavy atom. The number of methoxy groups -OCH3 is 2. The summed E-state index contributed by atoms with van der Waals surface area (Å²) in [5.74, 6) is 3.56. The summed E-state index contributed by atoms with van der Waals surface area (Å²) in [4.78, 5) is 18.1. The van der Waals surface area contributed by atoms with Crippen LogP contribution in [0.5, 0.6) is 34.5 Å². The molecule has 1 saturated carbocycles. The van der Waals surface area contributed by atoms with Crippen LogP contribution in [0.2, 0.25) is 0 Å². The molecule has 4 heterocycles. The second kappa shape index (κ2) is 13.3. The van der Waals surface area contributed by atoms with Gasteiger partial charge in [-0.25, -0.2) is 0 Å². The molecule has 0 aromatic heterocycles. The summed E-state index contributed by atoms with van der Waals surface area (Å²) in [6.45, 7) is 1.60. The van der Waals surface area contributed by atoms with Crippen molar-refractivity contribution in [3.05, 3.63) is 105 Å². The first-order valence-electron chi connectivity index (χ1n) is 17.7. The molecule has 260 valence electrons. The van der Waals surface area contributed by atoms with Gasteiger partial charge in [0.1, 0.15) is 11.5 Å². The number of hydrogen-bond acceptors (Lipinski definition) is 8. The first-order chi connectivity index (χ1) is 24.3. The lowest BCUT2D eigenvalue weighted by molar-refractivity contribution is 0.0948. The molecule has 4 aliphatic heterocycles. The fourth-order valence-corrected chi connectivity index (χ4v) is 7.89. The molecule has 4 aromatic carbocycles. The highest BCUT2D eigenvalue weighted by molar-refractivity contribution is 5.97. The van der Waals surface area contributed by atoms with E-state index in [9.17, 15) is 9.90 Å². The first-order valence-corrected chi connectivity index (χ1v) is 17.7. The molecule has 6 bridgehead atoms. The molecule has 5 aliphatic rings. The second-order valence-corrected chi connectivity index (χ2v) is 14.2. The van der Waals surface area contributed by atoms with Crippen molar-refractivity contribution in [1.29, 1.82) is 0 Å². The van der Waals surface area contributed by atoms with Gasteiger partial charge in [-0.05, 0) is 123 Å². The third-order valence-electron chi connectivity index (χ3n) is 10.9. The van der Waals surface area contributed by atoms with Crippen molar-refractivity contribution in [3.63, 3.8) is 0 Å². The van der Waals surface area contributed by atoms with E-state index in [0.717, 1.165) is 67.4 Å². The summed E-state index contributed by atoms with van der Waals surface area (Å²) in [6.07, 6.45) is 5.17. The lowest BCUT2D eigenvalue weighted by Gasteiger charge is -2.37. The standard InChI is InChI=1S/C41H45N3O6/c1-43-15-13-26-21-36(47-3)37-22-32(26)33(43)18-25-7-12-31(41(46)42-29-8-9-29)35(19-25)49-30-10-5-24(6-11-30)17-34-38-27(14-16-44(34)2)20-28(23-45)39(48-4)40(38)50-37/h5-7,10-12,19-22,29,33-34,45H,8-9,13-18,23H2,1-4H3,(H,42,46)/t33-,34+/m1/s1. The smallest absolute Gasteiger partial charge is 0.255 e. The Labute approximate surface area is 293 Å². The number of rotatable bonds is 5. The van der Waals surface area contributed by atoms with E-state index in [2.05, 4.69) is 59.5 Å². The zero-order chi connectivity index (χ0) is 34.5. The van der Waals surface area contributed by atoms with Crippen molar-refractivity contribution in [2.75, 3.05) is 41.4 Å². The summed E-state index contributed by atoms with van der Waals surface area (Å²) in [5.41, 5.74) is 8.05. The van der Waals surface area contributed by atoms with E-state index in [4.69, 9.17) is 18.9 Å². The van der Waals surface area contributed by atoms with Crippen molar-refractivity contribution < 1.29 is 28.8 Å². The maximum Gasteiger partial charge on any atom is 0.255 e. The monoisotopic (exact) mass is 675 g/mol. The van der Waals surface area contributed by atoms with Crippen LogP contribution in [0.15, 0.2) is 60.7 Å². The van der Waals surface area contributed by atoms with Crippen LogP contribution in [-0.4, -0.2) is 68.3 Å². The number of carbonyl (C=O) groups is 1. The number of aliphatic hydroxyl groups is 1. The number of amides is 1. The van der Waals surface area contributed by atoms with Crippen LogP contribution in [0.1, 0.15) is 74.2 Å². The van der Waals surface area contributed by atoms with Crippen LogP contribution in [-0.2, 0) is 32.3 Å². The lowest BCUT2D eigenvalue weighted by Crippen LogP contribution is -2.34. The summed E-state index contributed by atoms with van der Waals surface area (Å²) in [5, 5.41) is 13.6. The van der Waals surface area contributed by atoms with Crippen molar-refractivity contribution in [3.8, 4) is 34.5 Å². The molecule has 1 amide bonds. The molecule has 50 heavy (non-hydrogen) atoms. The Hall–Kier alpha value is -4.57. The fraction of sp³-hybridized carbons (Fsp3) is 0.390. The third-order valence-corrected chi connectivity index (χ3v) is 10.9. The van der Waals surface area contributed by atoms with Crippen molar-refractivity contribution >= 4 is 5.91 Å². The normalized spacial score (nSPS) is 20.1. The van der Waals surface area contributed by atoms with Crippen molar-refractivity contribution in [1.82, 2.24) is 15.1 Å². The van der Waals surface area contributed by atoms with Gasteiger partial charge >= 0.3 is 0 Å². The summed E-state index contributed by atoms with van der Waals surface area (Å²) >= 11 is 0. The zero-order valence-corrected chi connectivity index (χ0v) is 29.3. The predicted molar refractivity (Wildman–Crippen MR) is 191 cm³/mol. The van der Waals surface area contributed by atoms with Gasteiger partial charge in [0.25, 0.3) is 5.91 Å². The van der Waals surface area contributed by atoms with Gasteiger partial charge in [0.15, 0.2) is 23.0 Å². The number of ether oxygens (including phenoxy) is 4. The van der Waals surface area contributed by atoms with E-state index in [1.165, 1.54) is 11.1 Å². The van der Waals surface area contributed by atoms with Crippen LogP contribution in [0.25, 0.3) is 0 Å². The predicted octanol–water partition coefficient (Wildman–Crippen LogP) is 6.53. The van der Waals surface area contributed by atoms with Crippen molar-refractivity contribution in [2.24, 2.45) is 0 Å².